The Morgan fingerprint density at radius 3 is 2.33 bits per heavy atom. The molecule has 1 aromatic rings. The zero-order valence-electron chi connectivity index (χ0n) is 8.60. The fourth-order valence-corrected chi connectivity index (χ4v) is 2.04. The van der Waals surface area contributed by atoms with E-state index in [1.54, 1.807) is 4.90 Å². The molecule has 0 bridgehead atoms. The van der Waals surface area contributed by atoms with Crippen LogP contribution in [0, 0.1) is 0 Å². The van der Waals surface area contributed by atoms with Gasteiger partial charge in [0.05, 0.1) is 5.60 Å². The molecular formula is C12H15NO2. The Labute approximate surface area is 89.3 Å². The molecule has 1 heterocycles. The molecule has 0 aromatic heterocycles. The largest absolute Gasteiger partial charge is 0.385 e. The van der Waals surface area contributed by atoms with Gasteiger partial charge < -0.3 is 10.0 Å². The Morgan fingerprint density at radius 1 is 1.20 bits per heavy atom. The minimum atomic E-state index is -0.749. The summed E-state index contributed by atoms with van der Waals surface area (Å²) in [6, 6.07) is 9.68. The molecule has 1 fully saturated rings. The van der Waals surface area contributed by atoms with E-state index in [1.807, 2.05) is 30.3 Å². The van der Waals surface area contributed by atoms with Gasteiger partial charge in [-0.2, -0.15) is 0 Å². The second-order valence-corrected chi connectivity index (χ2v) is 4.04. The van der Waals surface area contributed by atoms with Crippen molar-refractivity contribution in [2.45, 2.75) is 18.4 Å². The van der Waals surface area contributed by atoms with Crippen molar-refractivity contribution in [2.75, 3.05) is 13.1 Å². The van der Waals surface area contributed by atoms with Crippen LogP contribution < -0.4 is 0 Å². The Balaban J connectivity index is 2.13. The molecule has 0 radical (unpaired) electrons. The summed E-state index contributed by atoms with van der Waals surface area (Å²) in [6.45, 7) is 1.27. The quantitative estimate of drug-likeness (QED) is 0.735. The highest BCUT2D eigenvalue weighted by atomic mass is 16.3. The molecular weight excluding hydrogens is 190 g/mol. The highest BCUT2D eigenvalue weighted by Crippen LogP contribution is 2.31. The molecule has 0 unspecified atom stereocenters. The van der Waals surface area contributed by atoms with E-state index < -0.39 is 5.60 Å². The van der Waals surface area contributed by atoms with Gasteiger partial charge in [-0.15, -0.1) is 0 Å². The summed E-state index contributed by atoms with van der Waals surface area (Å²) in [7, 11) is 0. The lowest BCUT2D eigenvalue weighted by Crippen LogP contribution is -2.41. The van der Waals surface area contributed by atoms with E-state index >= 15 is 0 Å². The van der Waals surface area contributed by atoms with E-state index in [-0.39, 0.29) is 0 Å². The van der Waals surface area contributed by atoms with Crippen molar-refractivity contribution in [1.29, 1.82) is 0 Å². The second-order valence-electron chi connectivity index (χ2n) is 4.04. The number of benzene rings is 1. The van der Waals surface area contributed by atoms with Crippen LogP contribution in [0.2, 0.25) is 0 Å². The first-order valence-corrected chi connectivity index (χ1v) is 5.22. The molecule has 1 N–H and O–H groups in total. The van der Waals surface area contributed by atoms with Crippen LogP contribution in [0.1, 0.15) is 18.4 Å². The maximum absolute atomic E-state index is 10.6. The average molecular weight is 205 g/mol. The van der Waals surface area contributed by atoms with Gasteiger partial charge in [-0.3, -0.25) is 4.79 Å². The van der Waals surface area contributed by atoms with Crippen LogP contribution in [0.25, 0.3) is 0 Å². The molecule has 1 saturated heterocycles. The standard InChI is InChI=1S/C12H15NO2/c14-10-13-8-6-12(15,7-9-13)11-4-2-1-3-5-11/h1-5,10,15H,6-9H2. The minimum Gasteiger partial charge on any atom is -0.385 e. The number of carbonyl (C=O) groups excluding carboxylic acids is 1. The number of carbonyl (C=O) groups is 1. The first-order valence-electron chi connectivity index (χ1n) is 5.22. The highest BCUT2D eigenvalue weighted by molar-refractivity contribution is 5.47. The van der Waals surface area contributed by atoms with Gasteiger partial charge >= 0.3 is 0 Å². The van der Waals surface area contributed by atoms with Crippen LogP contribution in [-0.4, -0.2) is 29.5 Å². The number of aliphatic hydroxyl groups is 1. The monoisotopic (exact) mass is 205 g/mol. The van der Waals surface area contributed by atoms with E-state index in [4.69, 9.17) is 0 Å². The molecule has 1 aliphatic heterocycles. The van der Waals surface area contributed by atoms with Crippen LogP contribution in [0.3, 0.4) is 0 Å². The van der Waals surface area contributed by atoms with Crippen LogP contribution in [0.5, 0.6) is 0 Å². The third kappa shape index (κ3) is 2.02. The molecule has 0 saturated carbocycles. The van der Waals surface area contributed by atoms with Crippen molar-refractivity contribution in [1.82, 2.24) is 4.90 Å². The van der Waals surface area contributed by atoms with E-state index in [0.29, 0.717) is 25.9 Å². The molecule has 80 valence electrons. The van der Waals surface area contributed by atoms with Gasteiger partial charge in [0, 0.05) is 13.1 Å². The first-order chi connectivity index (χ1) is 7.24. The number of likely N-dealkylation sites (tertiary alicyclic amines) is 1. The number of hydrogen-bond acceptors (Lipinski definition) is 2. The minimum absolute atomic E-state index is 0.621. The number of rotatable bonds is 2. The fraction of sp³-hybridized carbons (Fsp3) is 0.417. The molecule has 3 heteroatoms. The summed E-state index contributed by atoms with van der Waals surface area (Å²) < 4.78 is 0. The highest BCUT2D eigenvalue weighted by Gasteiger charge is 2.33. The smallest absolute Gasteiger partial charge is 0.209 e. The summed E-state index contributed by atoms with van der Waals surface area (Å²) in [5.74, 6) is 0. The maximum atomic E-state index is 10.6. The lowest BCUT2D eigenvalue weighted by molar-refractivity contribution is -0.122. The van der Waals surface area contributed by atoms with Crippen molar-refractivity contribution >= 4 is 6.41 Å². The number of nitrogens with zero attached hydrogens (tertiary/aromatic N) is 1. The predicted octanol–water partition coefficient (Wildman–Crippen LogP) is 1.13. The van der Waals surface area contributed by atoms with Crippen LogP contribution in [0.15, 0.2) is 30.3 Å². The molecule has 1 aliphatic rings. The summed E-state index contributed by atoms with van der Waals surface area (Å²) in [6.07, 6.45) is 2.09. The SMILES string of the molecule is O=CN1CCC(O)(c2ccccc2)CC1. The number of piperidine rings is 1. The Hall–Kier alpha value is -1.35. The van der Waals surface area contributed by atoms with Gasteiger partial charge in [0.1, 0.15) is 0 Å². The Bertz CT molecular complexity index is 329. The van der Waals surface area contributed by atoms with Crippen LogP contribution in [0.4, 0.5) is 0 Å². The van der Waals surface area contributed by atoms with Gasteiger partial charge in [0.2, 0.25) is 6.41 Å². The summed E-state index contributed by atoms with van der Waals surface area (Å²) >= 11 is 0. The van der Waals surface area contributed by atoms with Crippen molar-refractivity contribution in [3.8, 4) is 0 Å². The zero-order valence-corrected chi connectivity index (χ0v) is 8.60. The van der Waals surface area contributed by atoms with E-state index in [2.05, 4.69) is 0 Å². The first kappa shape index (κ1) is 10.2. The normalized spacial score (nSPS) is 19.9. The third-order valence-electron chi connectivity index (χ3n) is 3.09. The van der Waals surface area contributed by atoms with Gasteiger partial charge in [-0.25, -0.2) is 0 Å². The van der Waals surface area contributed by atoms with Gasteiger partial charge in [-0.05, 0) is 18.4 Å². The van der Waals surface area contributed by atoms with Crippen LogP contribution in [-0.2, 0) is 10.4 Å². The zero-order chi connectivity index (χ0) is 10.7. The van der Waals surface area contributed by atoms with Crippen molar-refractivity contribution in [3.63, 3.8) is 0 Å². The average Bonchev–Trinajstić information content (AvgIpc) is 2.31. The van der Waals surface area contributed by atoms with Crippen LogP contribution >= 0.6 is 0 Å². The number of amides is 1. The lowest BCUT2D eigenvalue weighted by atomic mass is 9.85. The molecule has 0 aliphatic carbocycles. The van der Waals surface area contributed by atoms with E-state index in [9.17, 15) is 9.90 Å². The fourth-order valence-electron chi connectivity index (χ4n) is 2.04. The topological polar surface area (TPSA) is 40.5 Å². The molecule has 0 atom stereocenters. The summed E-state index contributed by atoms with van der Waals surface area (Å²) in [5.41, 5.74) is 0.205. The maximum Gasteiger partial charge on any atom is 0.209 e. The third-order valence-corrected chi connectivity index (χ3v) is 3.09. The summed E-state index contributed by atoms with van der Waals surface area (Å²) in [5, 5.41) is 10.4. The molecule has 2 rings (SSSR count). The van der Waals surface area contributed by atoms with E-state index in [1.165, 1.54) is 0 Å². The molecule has 1 amide bonds. The van der Waals surface area contributed by atoms with Gasteiger partial charge in [0.25, 0.3) is 0 Å². The molecule has 1 aromatic carbocycles. The van der Waals surface area contributed by atoms with E-state index in [0.717, 1.165) is 12.0 Å². The Morgan fingerprint density at radius 2 is 1.80 bits per heavy atom. The summed E-state index contributed by atoms with van der Waals surface area (Å²) in [4.78, 5) is 12.3. The molecule has 3 nitrogen and oxygen atoms in total. The van der Waals surface area contributed by atoms with Crippen molar-refractivity contribution in [3.05, 3.63) is 35.9 Å². The molecule has 0 spiro atoms. The second kappa shape index (κ2) is 4.03. The number of hydrogen-bond donors (Lipinski definition) is 1. The van der Waals surface area contributed by atoms with Crippen molar-refractivity contribution < 1.29 is 9.90 Å². The predicted molar refractivity (Wildman–Crippen MR) is 57.2 cm³/mol. The van der Waals surface area contributed by atoms with Gasteiger partial charge in [0.15, 0.2) is 0 Å². The lowest BCUT2D eigenvalue weighted by Gasteiger charge is -2.36. The Kier molecular flexibility index (Phi) is 2.73. The molecule has 15 heavy (non-hydrogen) atoms. The van der Waals surface area contributed by atoms with Gasteiger partial charge in [-0.1, -0.05) is 30.3 Å². The van der Waals surface area contributed by atoms with Crippen molar-refractivity contribution in [2.24, 2.45) is 0 Å².